The van der Waals surface area contributed by atoms with Crippen LogP contribution in [0.1, 0.15) is 27.7 Å². The number of hydrogen-bond acceptors (Lipinski definition) is 2. The summed E-state index contributed by atoms with van der Waals surface area (Å²) >= 11 is 0. The van der Waals surface area contributed by atoms with Crippen molar-refractivity contribution in [2.45, 2.75) is 39.3 Å². The van der Waals surface area contributed by atoms with E-state index in [1.165, 1.54) is 0 Å². The summed E-state index contributed by atoms with van der Waals surface area (Å²) in [6.45, 7) is 8.10. The lowest BCUT2D eigenvalue weighted by molar-refractivity contribution is 0.0686. The molecule has 0 aromatic heterocycles. The maximum atomic E-state index is 9.71. The zero-order valence-electron chi connectivity index (χ0n) is 9.49. The number of allylic oxidation sites excluding steroid dienone is 2. The van der Waals surface area contributed by atoms with Crippen molar-refractivity contribution < 1.29 is 5.11 Å². The maximum absolute atomic E-state index is 9.71. The molecule has 3 atom stereocenters. The summed E-state index contributed by atoms with van der Waals surface area (Å²) in [5.41, 5.74) is 5.86. The van der Waals surface area contributed by atoms with Crippen molar-refractivity contribution in [2.24, 2.45) is 17.1 Å². The number of nitrogens with two attached hydrogens (primary N) is 1. The zero-order chi connectivity index (χ0) is 11.0. The molecule has 0 heterocycles. The predicted octanol–water partition coefficient (Wildman–Crippen LogP) is 1.85. The van der Waals surface area contributed by atoms with Crippen LogP contribution in [-0.2, 0) is 0 Å². The Morgan fingerprint density at radius 2 is 1.93 bits per heavy atom. The van der Waals surface area contributed by atoms with Gasteiger partial charge in [0.25, 0.3) is 0 Å². The van der Waals surface area contributed by atoms with E-state index in [9.17, 15) is 5.11 Å². The average molecular weight is 195 g/mol. The molecule has 2 nitrogen and oxygen atoms in total. The third-order valence-electron chi connectivity index (χ3n) is 3.17. The third kappa shape index (κ3) is 1.77. The molecule has 0 aromatic rings. The second-order valence-electron chi connectivity index (χ2n) is 5.19. The lowest BCUT2D eigenvalue weighted by Gasteiger charge is -2.46. The molecular weight excluding hydrogens is 174 g/mol. The molecule has 1 aliphatic carbocycles. The van der Waals surface area contributed by atoms with Crippen LogP contribution < -0.4 is 5.73 Å². The Morgan fingerprint density at radius 1 is 1.36 bits per heavy atom. The van der Waals surface area contributed by atoms with Crippen molar-refractivity contribution in [1.82, 2.24) is 0 Å². The van der Waals surface area contributed by atoms with Crippen LogP contribution in [0.4, 0.5) is 0 Å². The Hall–Kier alpha value is -0.600. The Bertz CT molecular complexity index is 260. The van der Waals surface area contributed by atoms with Crippen LogP contribution in [0.25, 0.3) is 0 Å². The van der Waals surface area contributed by atoms with Crippen molar-refractivity contribution in [1.29, 1.82) is 0 Å². The normalized spacial score (nSPS) is 34.6. The van der Waals surface area contributed by atoms with Gasteiger partial charge in [-0.3, -0.25) is 0 Å². The summed E-state index contributed by atoms with van der Waals surface area (Å²) in [5.74, 6) is -0.00694. The first-order valence-corrected chi connectivity index (χ1v) is 5.12. The van der Waals surface area contributed by atoms with Gasteiger partial charge in [0.05, 0.1) is 6.10 Å². The van der Waals surface area contributed by atoms with Crippen LogP contribution in [0.5, 0.6) is 0 Å². The highest BCUT2D eigenvalue weighted by Crippen LogP contribution is 2.39. The largest absolute Gasteiger partial charge is 0.393 e. The third-order valence-corrected chi connectivity index (χ3v) is 3.17. The Labute approximate surface area is 86.5 Å². The number of aliphatic hydroxyl groups is 1. The minimum absolute atomic E-state index is 0.00694. The number of hydrogen-bond donors (Lipinski definition) is 2. The van der Waals surface area contributed by atoms with Crippen molar-refractivity contribution >= 4 is 0 Å². The van der Waals surface area contributed by atoms with Crippen molar-refractivity contribution in [3.63, 3.8) is 0 Å². The van der Waals surface area contributed by atoms with Gasteiger partial charge in [0.15, 0.2) is 0 Å². The minimum atomic E-state index is -0.462. The van der Waals surface area contributed by atoms with E-state index in [4.69, 9.17) is 5.73 Å². The maximum Gasteiger partial charge on any atom is 0.0595 e. The van der Waals surface area contributed by atoms with Crippen LogP contribution in [0.15, 0.2) is 24.3 Å². The molecule has 14 heavy (non-hydrogen) atoms. The van der Waals surface area contributed by atoms with E-state index < -0.39 is 11.6 Å². The lowest BCUT2D eigenvalue weighted by atomic mass is 9.64. The van der Waals surface area contributed by atoms with Gasteiger partial charge in [0.2, 0.25) is 0 Å². The summed E-state index contributed by atoms with van der Waals surface area (Å²) in [5, 5.41) is 9.71. The highest BCUT2D eigenvalue weighted by atomic mass is 16.3. The summed E-state index contributed by atoms with van der Waals surface area (Å²) in [7, 11) is 0. The second kappa shape index (κ2) is 3.52. The van der Waals surface area contributed by atoms with Gasteiger partial charge in [-0.05, 0) is 12.3 Å². The lowest BCUT2D eigenvalue weighted by Crippen LogP contribution is -2.58. The molecule has 0 radical (unpaired) electrons. The van der Waals surface area contributed by atoms with Gasteiger partial charge in [0, 0.05) is 11.5 Å². The molecule has 2 heteroatoms. The summed E-state index contributed by atoms with van der Waals surface area (Å²) in [6, 6.07) is 0. The van der Waals surface area contributed by atoms with E-state index in [2.05, 4.69) is 20.8 Å². The second-order valence-corrected chi connectivity index (χ2v) is 5.19. The molecule has 1 rings (SSSR count). The van der Waals surface area contributed by atoms with E-state index in [0.29, 0.717) is 0 Å². The Morgan fingerprint density at radius 3 is 2.29 bits per heavy atom. The molecule has 3 N–H and O–H groups in total. The van der Waals surface area contributed by atoms with Crippen molar-refractivity contribution in [3.8, 4) is 0 Å². The molecule has 0 fully saturated rings. The van der Waals surface area contributed by atoms with E-state index in [1.807, 2.05) is 24.3 Å². The van der Waals surface area contributed by atoms with Gasteiger partial charge in [-0.2, -0.15) is 0 Å². The van der Waals surface area contributed by atoms with Gasteiger partial charge in [0.1, 0.15) is 0 Å². The van der Waals surface area contributed by atoms with Gasteiger partial charge in [-0.25, -0.2) is 0 Å². The highest BCUT2D eigenvalue weighted by Gasteiger charge is 2.44. The van der Waals surface area contributed by atoms with Crippen LogP contribution in [0.3, 0.4) is 0 Å². The standard InChI is InChI=1S/C12H21NO/c1-9(14)10-7-5-6-8-12(10,13)11(2,3)4/h5-10,14H,13H2,1-4H3/t9-,10?,12+/m1/s1. The Balaban J connectivity index is 3.06. The van der Waals surface area contributed by atoms with Crippen molar-refractivity contribution in [3.05, 3.63) is 24.3 Å². The number of aliphatic hydroxyl groups excluding tert-OH is 1. The molecule has 0 spiro atoms. The topological polar surface area (TPSA) is 46.2 Å². The fourth-order valence-electron chi connectivity index (χ4n) is 1.98. The first kappa shape index (κ1) is 11.5. The summed E-state index contributed by atoms with van der Waals surface area (Å²) < 4.78 is 0. The van der Waals surface area contributed by atoms with E-state index in [-0.39, 0.29) is 11.3 Å². The molecule has 0 aromatic carbocycles. The van der Waals surface area contributed by atoms with Crippen LogP contribution >= 0.6 is 0 Å². The van der Waals surface area contributed by atoms with Crippen LogP contribution in [0, 0.1) is 11.3 Å². The highest BCUT2D eigenvalue weighted by molar-refractivity contribution is 5.27. The SMILES string of the molecule is C[C@@H](O)C1C=CC=C[C@@]1(N)C(C)(C)C. The van der Waals surface area contributed by atoms with E-state index in [1.54, 1.807) is 6.92 Å². The van der Waals surface area contributed by atoms with E-state index in [0.717, 1.165) is 0 Å². The molecule has 0 bridgehead atoms. The van der Waals surface area contributed by atoms with Crippen LogP contribution in [0.2, 0.25) is 0 Å². The minimum Gasteiger partial charge on any atom is -0.393 e. The molecule has 0 saturated carbocycles. The quantitative estimate of drug-likeness (QED) is 0.671. The Kier molecular flexibility index (Phi) is 2.88. The summed E-state index contributed by atoms with van der Waals surface area (Å²) in [6.07, 6.45) is 7.50. The smallest absolute Gasteiger partial charge is 0.0595 e. The van der Waals surface area contributed by atoms with Gasteiger partial charge < -0.3 is 10.8 Å². The first-order valence-electron chi connectivity index (χ1n) is 5.12. The molecule has 80 valence electrons. The molecule has 0 saturated heterocycles. The predicted molar refractivity (Wildman–Crippen MR) is 59.8 cm³/mol. The molecule has 0 aliphatic heterocycles. The average Bonchev–Trinajstić information content (AvgIpc) is 2.02. The molecule has 1 aliphatic rings. The fourth-order valence-corrected chi connectivity index (χ4v) is 1.98. The van der Waals surface area contributed by atoms with Gasteiger partial charge in [-0.15, -0.1) is 0 Å². The zero-order valence-corrected chi connectivity index (χ0v) is 9.49. The molecule has 1 unspecified atom stereocenters. The van der Waals surface area contributed by atoms with Gasteiger partial charge in [-0.1, -0.05) is 45.1 Å². The van der Waals surface area contributed by atoms with Gasteiger partial charge >= 0.3 is 0 Å². The van der Waals surface area contributed by atoms with Crippen LogP contribution in [-0.4, -0.2) is 16.7 Å². The summed E-state index contributed by atoms with van der Waals surface area (Å²) in [4.78, 5) is 0. The van der Waals surface area contributed by atoms with Crippen molar-refractivity contribution in [2.75, 3.05) is 0 Å². The molecular formula is C12H21NO. The first-order chi connectivity index (χ1) is 6.29. The molecule has 0 amide bonds. The number of rotatable bonds is 1. The van der Waals surface area contributed by atoms with E-state index >= 15 is 0 Å². The monoisotopic (exact) mass is 195 g/mol. The fraction of sp³-hybridized carbons (Fsp3) is 0.667.